The maximum atomic E-state index is 12.3. The average molecular weight is 502 g/mol. The lowest BCUT2D eigenvalue weighted by molar-refractivity contribution is -0.710. The molecule has 3 N–H and O–H groups in total. The molecule has 0 saturated heterocycles. The van der Waals surface area contributed by atoms with E-state index in [-0.39, 0.29) is 23.6 Å². The molecule has 1 fully saturated rings. The van der Waals surface area contributed by atoms with E-state index in [1.807, 2.05) is 18.2 Å². The number of hydrogen-bond donors (Lipinski definition) is 2. The first-order valence-electron chi connectivity index (χ1n) is 11.7. The lowest BCUT2D eigenvalue weighted by Gasteiger charge is -2.48. The third-order valence-corrected chi connectivity index (χ3v) is 8.75. The molecule has 3 aromatic rings. The number of fused-ring (bicyclic) bond motifs is 1. The number of sulfonamides is 1. The van der Waals surface area contributed by atoms with Crippen molar-refractivity contribution in [2.45, 2.75) is 42.2 Å². The van der Waals surface area contributed by atoms with Crippen molar-refractivity contribution < 1.29 is 18.5 Å². The molecule has 2 heterocycles. The van der Waals surface area contributed by atoms with E-state index in [1.54, 1.807) is 11.6 Å². The maximum absolute atomic E-state index is 12.3. The fourth-order valence-corrected chi connectivity index (χ4v) is 6.42. The van der Waals surface area contributed by atoms with Gasteiger partial charge in [-0.3, -0.25) is 0 Å². The van der Waals surface area contributed by atoms with Crippen molar-refractivity contribution in [1.29, 1.82) is 0 Å². The number of nitrogens with two attached hydrogens (primary N) is 1. The Morgan fingerprint density at radius 1 is 1.24 bits per heavy atom. The van der Waals surface area contributed by atoms with Gasteiger partial charge in [-0.15, -0.1) is 0 Å². The summed E-state index contributed by atoms with van der Waals surface area (Å²) in [5.74, 6) is 0.765. The van der Waals surface area contributed by atoms with E-state index in [1.165, 1.54) is 35.6 Å². The van der Waals surface area contributed by atoms with Crippen molar-refractivity contribution >= 4 is 21.6 Å². The highest BCUT2D eigenvalue weighted by molar-refractivity contribution is 7.89. The van der Waals surface area contributed by atoms with Gasteiger partial charge in [-0.2, -0.15) is 0 Å². The number of nitrogens with one attached hydrogen (secondary N) is 1. The second-order valence-electron chi connectivity index (χ2n) is 9.25. The van der Waals surface area contributed by atoms with Crippen LogP contribution in [0.15, 0.2) is 60.0 Å². The Morgan fingerprint density at radius 3 is 2.71 bits per heavy atom. The molecule has 1 aliphatic carbocycles. The molecule has 0 bridgehead atoms. The first-order valence-corrected chi connectivity index (χ1v) is 13.6. The van der Waals surface area contributed by atoms with E-state index in [2.05, 4.69) is 39.3 Å². The summed E-state index contributed by atoms with van der Waals surface area (Å²) in [7, 11) is -1.91. The second-order valence-corrected chi connectivity index (χ2v) is 11.4. The first-order chi connectivity index (χ1) is 16.4. The molecule has 5 rings (SSSR count). The zero-order valence-electron chi connectivity index (χ0n) is 19.2. The maximum Gasteiger partial charge on any atom is 0.259 e. The van der Waals surface area contributed by atoms with E-state index < -0.39 is 10.0 Å². The Labute approximate surface area is 205 Å². The van der Waals surface area contributed by atoms with Crippen LogP contribution in [0.1, 0.15) is 42.0 Å². The van der Waals surface area contributed by atoms with Crippen LogP contribution in [0, 0.1) is 0 Å². The third-order valence-electron chi connectivity index (χ3n) is 7.15. The van der Waals surface area contributed by atoms with Crippen molar-refractivity contribution in [2.75, 3.05) is 19.7 Å². The van der Waals surface area contributed by atoms with Crippen molar-refractivity contribution in [3.05, 3.63) is 76.7 Å². The van der Waals surface area contributed by atoms with Crippen molar-refractivity contribution in [1.82, 2.24) is 14.3 Å². The van der Waals surface area contributed by atoms with E-state index in [0.717, 1.165) is 36.6 Å². The predicted octanol–water partition coefficient (Wildman–Crippen LogP) is 2.71. The fraction of sp³-hybridized carbons (Fsp3) is 0.400. The second kappa shape index (κ2) is 9.34. The van der Waals surface area contributed by atoms with Crippen LogP contribution < -0.4 is 14.8 Å². The normalized spacial score (nSPS) is 19.3. The molecule has 1 saturated carbocycles. The van der Waals surface area contributed by atoms with Gasteiger partial charge in [0.05, 0.1) is 18.3 Å². The summed E-state index contributed by atoms with van der Waals surface area (Å²) in [6.07, 6.45) is 7.53. The summed E-state index contributed by atoms with van der Waals surface area (Å²) < 4.78 is 34.8. The van der Waals surface area contributed by atoms with Crippen molar-refractivity contribution in [3.8, 4) is 5.75 Å². The van der Waals surface area contributed by atoms with E-state index in [9.17, 15) is 8.42 Å². The minimum absolute atomic E-state index is 0.00940. The molecule has 1 atom stereocenters. The zero-order chi connectivity index (χ0) is 23.8. The Balaban J connectivity index is 1.30. The van der Waals surface area contributed by atoms with Gasteiger partial charge >= 0.3 is 0 Å². The number of hydrogen-bond acceptors (Lipinski definition) is 4. The molecule has 2 aromatic carbocycles. The van der Waals surface area contributed by atoms with Gasteiger partial charge in [-0.25, -0.2) is 18.1 Å². The highest BCUT2D eigenvalue weighted by atomic mass is 35.5. The van der Waals surface area contributed by atoms with Gasteiger partial charge in [0.15, 0.2) is 5.03 Å². The number of nitrogens with zero attached hydrogens (tertiary/aromatic N) is 2. The van der Waals surface area contributed by atoms with E-state index >= 15 is 0 Å². The van der Waals surface area contributed by atoms with E-state index in [0.29, 0.717) is 6.04 Å². The summed E-state index contributed by atoms with van der Waals surface area (Å²) in [5.41, 5.74) is 4.16. The molecule has 1 aromatic heterocycles. The molecule has 0 amide bonds. The number of quaternary nitrogens is 1. The Kier molecular flexibility index (Phi) is 6.41. The van der Waals surface area contributed by atoms with Crippen LogP contribution in [0.2, 0.25) is 5.02 Å². The van der Waals surface area contributed by atoms with Gasteiger partial charge in [-0.05, 0) is 48.2 Å². The minimum atomic E-state index is -3.64. The van der Waals surface area contributed by atoms with Gasteiger partial charge in [0.2, 0.25) is 0 Å². The van der Waals surface area contributed by atoms with Crippen LogP contribution in [0.4, 0.5) is 0 Å². The lowest BCUT2D eigenvalue weighted by Crippen LogP contribution is -2.91. The molecule has 7 nitrogen and oxygen atoms in total. The highest BCUT2D eigenvalue weighted by Gasteiger charge is 2.50. The van der Waals surface area contributed by atoms with Gasteiger partial charge < -0.3 is 14.6 Å². The van der Waals surface area contributed by atoms with Crippen LogP contribution in [0.3, 0.4) is 0 Å². The SMILES string of the molecule is Cn1cnc(S(=O)(=O)NCCOc2ccc3c(c2)C(C2(c4ccc(Cl)cc4)CCC2)[NH2+]CC3)c1. The number of imidazole rings is 1. The van der Waals surface area contributed by atoms with Gasteiger partial charge in [0.25, 0.3) is 10.0 Å². The van der Waals surface area contributed by atoms with Crippen molar-refractivity contribution in [2.24, 2.45) is 7.05 Å². The quantitative estimate of drug-likeness (QED) is 0.464. The Hall–Kier alpha value is -2.39. The molecular formula is C25H30ClN4O3S+. The van der Waals surface area contributed by atoms with Crippen LogP contribution in [0.5, 0.6) is 5.75 Å². The highest BCUT2D eigenvalue weighted by Crippen LogP contribution is 2.52. The molecule has 1 unspecified atom stereocenters. The molecular weight excluding hydrogens is 472 g/mol. The summed E-state index contributed by atoms with van der Waals surface area (Å²) >= 11 is 6.16. The number of ether oxygens (including phenoxy) is 1. The van der Waals surface area contributed by atoms with Crippen LogP contribution in [-0.4, -0.2) is 37.7 Å². The topological polar surface area (TPSA) is 89.8 Å². The fourth-order valence-electron chi connectivity index (χ4n) is 5.30. The summed E-state index contributed by atoms with van der Waals surface area (Å²) in [6, 6.07) is 15.0. The van der Waals surface area contributed by atoms with Crippen LogP contribution >= 0.6 is 11.6 Å². The molecule has 0 spiro atoms. The number of aromatic nitrogens is 2. The lowest BCUT2D eigenvalue weighted by atomic mass is 9.58. The number of aryl methyl sites for hydroxylation is 1. The van der Waals surface area contributed by atoms with Gasteiger partial charge in [-0.1, -0.05) is 36.2 Å². The van der Waals surface area contributed by atoms with Crippen LogP contribution in [0.25, 0.3) is 0 Å². The average Bonchev–Trinajstić information content (AvgIpc) is 3.25. The van der Waals surface area contributed by atoms with Gasteiger partial charge in [0.1, 0.15) is 18.4 Å². The number of halogens is 1. The van der Waals surface area contributed by atoms with E-state index in [4.69, 9.17) is 16.3 Å². The Bertz CT molecular complexity index is 1270. The molecule has 1 aliphatic heterocycles. The summed E-state index contributed by atoms with van der Waals surface area (Å²) in [6.45, 7) is 1.48. The predicted molar refractivity (Wildman–Crippen MR) is 131 cm³/mol. The summed E-state index contributed by atoms with van der Waals surface area (Å²) in [5, 5.41) is 3.25. The smallest absolute Gasteiger partial charge is 0.259 e. The third kappa shape index (κ3) is 4.47. The summed E-state index contributed by atoms with van der Waals surface area (Å²) in [4.78, 5) is 3.91. The van der Waals surface area contributed by atoms with Crippen LogP contribution in [-0.2, 0) is 28.9 Å². The standard InChI is InChI=1S/C25H29ClN4O3S/c1-30-16-23(28-17-30)34(31,32)29-13-14-33-21-8-3-18-9-12-27-24(22(18)15-21)25(10-2-11-25)19-4-6-20(26)7-5-19/h3-8,15-17,24,27,29H,2,9-14H2,1H3/p+1. The molecule has 0 radical (unpaired) electrons. The zero-order valence-corrected chi connectivity index (χ0v) is 20.8. The van der Waals surface area contributed by atoms with Crippen molar-refractivity contribution in [3.63, 3.8) is 0 Å². The number of benzene rings is 2. The largest absolute Gasteiger partial charge is 0.492 e. The number of rotatable bonds is 8. The molecule has 9 heteroatoms. The minimum Gasteiger partial charge on any atom is -0.492 e. The monoisotopic (exact) mass is 501 g/mol. The van der Waals surface area contributed by atoms with Gasteiger partial charge in [0, 0.05) is 36.8 Å². The molecule has 2 aliphatic rings. The molecule has 34 heavy (non-hydrogen) atoms. The Morgan fingerprint density at radius 2 is 2.03 bits per heavy atom. The first kappa shape index (κ1) is 23.4. The molecule has 180 valence electrons.